The number of aromatic nitrogens is 3. The lowest BCUT2D eigenvalue weighted by atomic mass is 10.2. The molecule has 8 heteroatoms. The maximum Gasteiger partial charge on any atom is 0.343 e. The van der Waals surface area contributed by atoms with Gasteiger partial charge in [-0.15, -0.1) is 11.3 Å². The van der Waals surface area contributed by atoms with Crippen LogP contribution in [-0.2, 0) is 6.54 Å². The summed E-state index contributed by atoms with van der Waals surface area (Å²) in [5.74, 6) is 0.110. The topological polar surface area (TPSA) is 73.8 Å². The van der Waals surface area contributed by atoms with Gasteiger partial charge in [0.1, 0.15) is 23.6 Å². The maximum atomic E-state index is 13.8. The van der Waals surface area contributed by atoms with Gasteiger partial charge in [0.25, 0.3) is 0 Å². The van der Waals surface area contributed by atoms with Crippen LogP contribution in [0.1, 0.15) is 11.5 Å². The van der Waals surface area contributed by atoms with Crippen LogP contribution in [0.15, 0.2) is 35.8 Å². The van der Waals surface area contributed by atoms with Crippen LogP contribution < -0.4 is 0 Å². The van der Waals surface area contributed by atoms with Gasteiger partial charge < -0.3 is 10.1 Å². The normalized spacial score (nSPS) is 10.8. The molecule has 1 aromatic carbocycles. The van der Waals surface area contributed by atoms with E-state index >= 15 is 0 Å². The smallest absolute Gasteiger partial charge is 0.343 e. The van der Waals surface area contributed by atoms with Gasteiger partial charge in [0.05, 0.1) is 5.69 Å². The number of hydrogen-bond acceptors (Lipinski definition) is 5. The molecule has 0 bridgehead atoms. The van der Waals surface area contributed by atoms with Crippen molar-refractivity contribution < 1.29 is 9.31 Å². The highest BCUT2D eigenvalue weighted by Crippen LogP contribution is 2.27. The zero-order valence-electron chi connectivity index (χ0n) is 11.6. The predicted octanol–water partition coefficient (Wildman–Crippen LogP) is 3.41. The monoisotopic (exact) mass is 318 g/mol. The van der Waals surface area contributed by atoms with Gasteiger partial charge in [-0.25, -0.2) is 18.9 Å². The summed E-state index contributed by atoms with van der Waals surface area (Å²) in [6, 6.07) is 6.39. The molecule has 3 rings (SSSR count). The van der Waals surface area contributed by atoms with Gasteiger partial charge in [0.2, 0.25) is 0 Å². The fraction of sp³-hybridized carbons (Fsp3) is 0.143. The standard InChI is InChI=1S/C14H11FN4O2S/c1-9-16-6-13(19(20)21)18(9)7-10-8-22-14(17-10)11-4-2-3-5-12(11)15/h2-6,8H,7H2,1H3. The number of nitrogens with zero attached hydrogens (tertiary/aromatic N) is 4. The minimum absolute atomic E-state index is 0.0852. The van der Waals surface area contributed by atoms with Gasteiger partial charge in [0, 0.05) is 17.9 Å². The Hall–Kier alpha value is -2.61. The lowest BCUT2D eigenvalue weighted by Gasteiger charge is -2.00. The third-order valence-corrected chi connectivity index (χ3v) is 4.12. The van der Waals surface area contributed by atoms with Crippen LogP contribution in [0.3, 0.4) is 0 Å². The van der Waals surface area contributed by atoms with Crippen LogP contribution in [-0.4, -0.2) is 19.5 Å². The molecule has 0 saturated heterocycles. The number of benzene rings is 1. The molecule has 6 nitrogen and oxygen atoms in total. The minimum atomic E-state index is -0.482. The molecule has 0 aliphatic rings. The van der Waals surface area contributed by atoms with Crippen molar-refractivity contribution in [1.82, 2.24) is 14.5 Å². The van der Waals surface area contributed by atoms with Crippen molar-refractivity contribution in [1.29, 1.82) is 0 Å². The zero-order chi connectivity index (χ0) is 15.7. The summed E-state index contributed by atoms with van der Waals surface area (Å²) >= 11 is 1.30. The number of rotatable bonds is 4. The van der Waals surface area contributed by atoms with E-state index in [1.54, 1.807) is 30.5 Å². The summed E-state index contributed by atoms with van der Waals surface area (Å²) in [5, 5.41) is 13.3. The largest absolute Gasteiger partial charge is 0.358 e. The van der Waals surface area contributed by atoms with E-state index in [0.29, 0.717) is 22.1 Å². The maximum absolute atomic E-state index is 13.8. The first-order valence-corrected chi connectivity index (χ1v) is 7.30. The Morgan fingerprint density at radius 2 is 2.18 bits per heavy atom. The van der Waals surface area contributed by atoms with E-state index in [1.165, 1.54) is 28.2 Å². The first-order valence-electron chi connectivity index (χ1n) is 6.42. The van der Waals surface area contributed by atoms with Crippen LogP contribution in [0.4, 0.5) is 10.2 Å². The second-order valence-corrected chi connectivity index (χ2v) is 5.49. The second kappa shape index (κ2) is 5.64. The summed E-state index contributed by atoms with van der Waals surface area (Å²) in [4.78, 5) is 18.8. The van der Waals surface area contributed by atoms with E-state index in [4.69, 9.17) is 0 Å². The third kappa shape index (κ3) is 2.60. The number of nitro groups is 1. The third-order valence-electron chi connectivity index (χ3n) is 3.20. The molecule has 0 radical (unpaired) electrons. The SMILES string of the molecule is Cc1ncc([N+](=O)[O-])n1Cc1csc(-c2ccccc2F)n1. The minimum Gasteiger partial charge on any atom is -0.358 e. The van der Waals surface area contributed by atoms with Gasteiger partial charge in [-0.2, -0.15) is 0 Å². The van der Waals surface area contributed by atoms with Crippen molar-refractivity contribution in [2.75, 3.05) is 0 Å². The molecule has 2 heterocycles. The van der Waals surface area contributed by atoms with E-state index in [2.05, 4.69) is 9.97 Å². The Bertz CT molecular complexity index is 843. The number of halogens is 1. The highest BCUT2D eigenvalue weighted by Gasteiger charge is 2.19. The molecular formula is C14H11FN4O2S. The fourth-order valence-electron chi connectivity index (χ4n) is 2.10. The van der Waals surface area contributed by atoms with Gasteiger partial charge in [-0.1, -0.05) is 12.1 Å². The highest BCUT2D eigenvalue weighted by molar-refractivity contribution is 7.13. The number of hydrogen-bond donors (Lipinski definition) is 0. The Labute approximate surface area is 129 Å². The van der Waals surface area contributed by atoms with E-state index in [9.17, 15) is 14.5 Å². The lowest BCUT2D eigenvalue weighted by molar-refractivity contribution is -0.392. The van der Waals surface area contributed by atoms with Gasteiger partial charge >= 0.3 is 5.82 Å². The molecule has 0 unspecified atom stereocenters. The molecule has 112 valence electrons. The van der Waals surface area contributed by atoms with Gasteiger partial charge in [0.15, 0.2) is 5.82 Å². The first-order chi connectivity index (χ1) is 10.6. The van der Waals surface area contributed by atoms with E-state index in [-0.39, 0.29) is 18.2 Å². The molecule has 0 aliphatic heterocycles. The molecule has 0 N–H and O–H groups in total. The van der Waals surface area contributed by atoms with Crippen LogP contribution in [0.5, 0.6) is 0 Å². The summed E-state index contributed by atoms with van der Waals surface area (Å²) in [6.45, 7) is 1.92. The van der Waals surface area contributed by atoms with Crippen molar-refractivity contribution in [2.24, 2.45) is 0 Å². The average molecular weight is 318 g/mol. The molecule has 0 amide bonds. The van der Waals surface area contributed by atoms with Gasteiger partial charge in [-0.05, 0) is 17.1 Å². The van der Waals surface area contributed by atoms with Crippen LogP contribution in [0, 0.1) is 22.9 Å². The van der Waals surface area contributed by atoms with Gasteiger partial charge in [-0.3, -0.25) is 0 Å². The summed E-state index contributed by atoms with van der Waals surface area (Å²) < 4.78 is 15.2. The van der Waals surface area contributed by atoms with Crippen LogP contribution in [0.25, 0.3) is 10.6 Å². The Morgan fingerprint density at radius 3 is 2.91 bits per heavy atom. The summed E-state index contributed by atoms with van der Waals surface area (Å²) in [5.41, 5.74) is 1.06. The van der Waals surface area contributed by atoms with Crippen molar-refractivity contribution in [3.05, 3.63) is 63.3 Å². The Kier molecular flexibility index (Phi) is 3.68. The second-order valence-electron chi connectivity index (χ2n) is 4.63. The molecule has 2 aromatic heterocycles. The van der Waals surface area contributed by atoms with Crippen molar-refractivity contribution >= 4 is 17.2 Å². The molecule has 3 aromatic rings. The van der Waals surface area contributed by atoms with Crippen LogP contribution >= 0.6 is 11.3 Å². The number of thiazole rings is 1. The number of aryl methyl sites for hydroxylation is 1. The quantitative estimate of drug-likeness (QED) is 0.546. The fourth-order valence-corrected chi connectivity index (χ4v) is 2.93. The van der Waals surface area contributed by atoms with Crippen molar-refractivity contribution in [3.8, 4) is 10.6 Å². The molecule has 0 fully saturated rings. The Morgan fingerprint density at radius 1 is 1.41 bits per heavy atom. The first kappa shape index (κ1) is 14.3. The van der Waals surface area contributed by atoms with E-state index in [1.807, 2.05) is 0 Å². The molecule has 0 spiro atoms. The molecular weight excluding hydrogens is 307 g/mol. The molecule has 22 heavy (non-hydrogen) atoms. The summed E-state index contributed by atoms with van der Waals surface area (Å²) in [7, 11) is 0. The van der Waals surface area contributed by atoms with E-state index in [0.717, 1.165) is 0 Å². The van der Waals surface area contributed by atoms with Crippen molar-refractivity contribution in [2.45, 2.75) is 13.5 Å². The number of imidazole rings is 1. The molecule has 0 saturated carbocycles. The van der Waals surface area contributed by atoms with Crippen LogP contribution in [0.2, 0.25) is 0 Å². The summed E-state index contributed by atoms with van der Waals surface area (Å²) in [6.07, 6.45) is 1.22. The Balaban J connectivity index is 1.91. The zero-order valence-corrected chi connectivity index (χ0v) is 12.4. The average Bonchev–Trinajstić information content (AvgIpc) is 3.08. The van der Waals surface area contributed by atoms with Crippen molar-refractivity contribution in [3.63, 3.8) is 0 Å². The molecule has 0 aliphatic carbocycles. The predicted molar refractivity (Wildman–Crippen MR) is 80.2 cm³/mol. The highest BCUT2D eigenvalue weighted by atomic mass is 32.1. The lowest BCUT2D eigenvalue weighted by Crippen LogP contribution is -2.06. The van der Waals surface area contributed by atoms with E-state index < -0.39 is 4.92 Å². The molecule has 0 atom stereocenters.